The number of carbonyl (C=O) groups excluding carboxylic acids is 2. The summed E-state index contributed by atoms with van der Waals surface area (Å²) in [6.07, 6.45) is 3.47. The van der Waals surface area contributed by atoms with Crippen LogP contribution in [-0.4, -0.2) is 38.4 Å². The van der Waals surface area contributed by atoms with Gasteiger partial charge in [0.1, 0.15) is 17.2 Å². The Kier molecular flexibility index (Phi) is 4.56. The molecule has 0 spiro atoms. The molecule has 7 nitrogen and oxygen atoms in total. The second-order valence-corrected chi connectivity index (χ2v) is 8.26. The second-order valence-electron chi connectivity index (χ2n) is 8.26. The molecule has 29 heavy (non-hydrogen) atoms. The van der Waals surface area contributed by atoms with Gasteiger partial charge in [-0.15, -0.1) is 0 Å². The van der Waals surface area contributed by atoms with Crippen LogP contribution in [-0.2, 0) is 4.79 Å². The molecule has 0 aliphatic carbocycles. The summed E-state index contributed by atoms with van der Waals surface area (Å²) < 4.78 is 15.2. The maximum atomic E-state index is 13.7. The van der Waals surface area contributed by atoms with Gasteiger partial charge in [-0.2, -0.15) is 5.10 Å². The molecule has 1 aliphatic heterocycles. The molecule has 3 aromatic rings. The van der Waals surface area contributed by atoms with Crippen LogP contribution in [0.25, 0.3) is 5.65 Å². The first-order chi connectivity index (χ1) is 13.7. The van der Waals surface area contributed by atoms with Crippen LogP contribution < -0.4 is 10.2 Å². The molecule has 0 radical (unpaired) electrons. The Labute approximate surface area is 167 Å². The van der Waals surface area contributed by atoms with Gasteiger partial charge in [0.2, 0.25) is 0 Å². The summed E-state index contributed by atoms with van der Waals surface area (Å²) in [4.78, 5) is 31.3. The first-order valence-electron chi connectivity index (χ1n) is 9.42. The van der Waals surface area contributed by atoms with Gasteiger partial charge >= 0.3 is 0 Å². The van der Waals surface area contributed by atoms with Crippen molar-refractivity contribution in [1.82, 2.24) is 19.9 Å². The Bertz CT molecular complexity index is 1100. The van der Waals surface area contributed by atoms with Gasteiger partial charge in [0.05, 0.1) is 18.8 Å². The average Bonchev–Trinajstić information content (AvgIpc) is 3.23. The fourth-order valence-corrected chi connectivity index (χ4v) is 3.53. The van der Waals surface area contributed by atoms with Crippen molar-refractivity contribution >= 4 is 23.2 Å². The fraction of sp³-hybridized carbons (Fsp3) is 0.333. The van der Waals surface area contributed by atoms with E-state index in [9.17, 15) is 14.0 Å². The third kappa shape index (κ3) is 3.83. The third-order valence-corrected chi connectivity index (χ3v) is 4.76. The van der Waals surface area contributed by atoms with E-state index in [1.807, 2.05) is 25.7 Å². The summed E-state index contributed by atoms with van der Waals surface area (Å²) in [6.45, 7) is 5.88. The lowest BCUT2D eigenvalue weighted by molar-refractivity contribution is -0.116. The first-order valence-corrected chi connectivity index (χ1v) is 9.42. The van der Waals surface area contributed by atoms with E-state index < -0.39 is 5.54 Å². The number of benzene rings is 1. The SMILES string of the molecule is CC(C)(C)NC(=O)c1cnn2ccc(N3CC(=O)CC3c3cccc(F)c3)nc12. The Morgan fingerprint density at radius 3 is 2.79 bits per heavy atom. The zero-order chi connectivity index (χ0) is 20.8. The van der Waals surface area contributed by atoms with Gasteiger partial charge in [0.15, 0.2) is 11.4 Å². The van der Waals surface area contributed by atoms with E-state index in [2.05, 4.69) is 15.4 Å². The molecule has 1 fully saturated rings. The number of Topliss-reactive ketones (excluding diaryl/α,β-unsaturated/α-hetero) is 1. The summed E-state index contributed by atoms with van der Waals surface area (Å²) in [5, 5.41) is 7.11. The fourth-order valence-electron chi connectivity index (χ4n) is 3.53. The lowest BCUT2D eigenvalue weighted by Crippen LogP contribution is -2.40. The van der Waals surface area contributed by atoms with Gasteiger partial charge in [-0.1, -0.05) is 12.1 Å². The molecule has 3 heterocycles. The monoisotopic (exact) mass is 395 g/mol. The highest BCUT2D eigenvalue weighted by atomic mass is 19.1. The van der Waals surface area contributed by atoms with Gasteiger partial charge < -0.3 is 10.2 Å². The number of hydrogen-bond acceptors (Lipinski definition) is 5. The number of fused-ring (bicyclic) bond motifs is 1. The van der Waals surface area contributed by atoms with Crippen LogP contribution in [0.15, 0.2) is 42.7 Å². The van der Waals surface area contributed by atoms with Gasteiger partial charge in [0, 0.05) is 18.2 Å². The molecule has 0 saturated carbocycles. The maximum Gasteiger partial charge on any atom is 0.257 e. The van der Waals surface area contributed by atoms with Gasteiger partial charge in [-0.05, 0) is 44.5 Å². The number of nitrogens with zero attached hydrogens (tertiary/aromatic N) is 4. The maximum absolute atomic E-state index is 13.7. The molecule has 1 N–H and O–H groups in total. The van der Waals surface area contributed by atoms with E-state index in [-0.39, 0.29) is 36.5 Å². The number of amides is 1. The highest BCUT2D eigenvalue weighted by Crippen LogP contribution is 2.34. The molecule has 150 valence electrons. The topological polar surface area (TPSA) is 79.6 Å². The molecule has 0 bridgehead atoms. The van der Waals surface area contributed by atoms with Crippen molar-refractivity contribution in [2.45, 2.75) is 38.8 Å². The first kappa shape index (κ1) is 19.0. The molecule has 1 aliphatic rings. The average molecular weight is 395 g/mol. The Morgan fingerprint density at radius 1 is 1.28 bits per heavy atom. The number of nitrogens with one attached hydrogen (secondary N) is 1. The predicted octanol–water partition coefficient (Wildman–Crippen LogP) is 2.92. The molecule has 1 atom stereocenters. The van der Waals surface area contributed by atoms with Crippen LogP contribution in [0.2, 0.25) is 0 Å². The summed E-state index contributed by atoms with van der Waals surface area (Å²) in [6, 6.07) is 7.70. The number of carbonyl (C=O) groups is 2. The van der Waals surface area contributed by atoms with Crippen molar-refractivity contribution in [2.24, 2.45) is 0 Å². The van der Waals surface area contributed by atoms with E-state index in [4.69, 9.17) is 0 Å². The largest absolute Gasteiger partial charge is 0.347 e. The van der Waals surface area contributed by atoms with Crippen LogP contribution >= 0.6 is 0 Å². The van der Waals surface area contributed by atoms with Crippen molar-refractivity contribution in [3.8, 4) is 0 Å². The number of hydrogen-bond donors (Lipinski definition) is 1. The molecular weight excluding hydrogens is 373 g/mol. The minimum atomic E-state index is -0.396. The van der Waals surface area contributed by atoms with Crippen molar-refractivity contribution < 1.29 is 14.0 Å². The third-order valence-electron chi connectivity index (χ3n) is 4.76. The molecule has 1 unspecified atom stereocenters. The minimum absolute atomic E-state index is 0.0557. The molecule has 2 aromatic heterocycles. The second kappa shape index (κ2) is 6.95. The molecule has 8 heteroatoms. The normalized spacial score (nSPS) is 17.2. The Morgan fingerprint density at radius 2 is 2.07 bits per heavy atom. The lowest BCUT2D eigenvalue weighted by Gasteiger charge is -2.25. The zero-order valence-electron chi connectivity index (χ0n) is 16.5. The van der Waals surface area contributed by atoms with E-state index in [1.54, 1.807) is 24.4 Å². The van der Waals surface area contributed by atoms with Gasteiger partial charge in [0.25, 0.3) is 5.91 Å². The van der Waals surface area contributed by atoms with Crippen LogP contribution in [0.3, 0.4) is 0 Å². The molecular formula is C21H22FN5O2. The Balaban J connectivity index is 1.72. The molecule has 1 aromatic carbocycles. The van der Waals surface area contributed by atoms with Crippen LogP contribution in [0, 0.1) is 5.82 Å². The van der Waals surface area contributed by atoms with Crippen LogP contribution in [0.5, 0.6) is 0 Å². The van der Waals surface area contributed by atoms with Gasteiger partial charge in [-0.25, -0.2) is 13.9 Å². The standard InChI is InChI=1S/C21H22FN5O2/c1-21(2,3)25-20(29)16-11-23-27-8-7-18(24-19(16)27)26-12-15(28)10-17(26)13-5-4-6-14(22)9-13/h4-9,11,17H,10,12H2,1-3H3,(H,25,29). The highest BCUT2D eigenvalue weighted by Gasteiger charge is 2.33. The Hall–Kier alpha value is -3.29. The van der Waals surface area contributed by atoms with E-state index in [1.165, 1.54) is 22.8 Å². The van der Waals surface area contributed by atoms with E-state index in [0.29, 0.717) is 17.0 Å². The van der Waals surface area contributed by atoms with E-state index >= 15 is 0 Å². The number of ketones is 1. The molecule has 4 rings (SSSR count). The summed E-state index contributed by atoms with van der Waals surface area (Å²) in [5.74, 6) is -0.0125. The summed E-state index contributed by atoms with van der Waals surface area (Å²) in [7, 11) is 0. The quantitative estimate of drug-likeness (QED) is 0.738. The van der Waals surface area contributed by atoms with Crippen molar-refractivity contribution in [3.05, 3.63) is 59.7 Å². The van der Waals surface area contributed by atoms with Crippen molar-refractivity contribution in [2.75, 3.05) is 11.4 Å². The van der Waals surface area contributed by atoms with Crippen LogP contribution in [0.4, 0.5) is 10.2 Å². The zero-order valence-corrected chi connectivity index (χ0v) is 16.5. The minimum Gasteiger partial charge on any atom is -0.347 e. The predicted molar refractivity (Wildman–Crippen MR) is 106 cm³/mol. The summed E-state index contributed by atoms with van der Waals surface area (Å²) >= 11 is 0. The van der Waals surface area contributed by atoms with Crippen molar-refractivity contribution in [3.63, 3.8) is 0 Å². The molecule has 1 amide bonds. The van der Waals surface area contributed by atoms with Crippen LogP contribution in [0.1, 0.15) is 49.2 Å². The summed E-state index contributed by atoms with van der Waals surface area (Å²) in [5.41, 5.74) is 1.08. The van der Waals surface area contributed by atoms with Gasteiger partial charge in [-0.3, -0.25) is 9.59 Å². The number of anilines is 1. The highest BCUT2D eigenvalue weighted by molar-refractivity contribution is 6.00. The molecule has 1 saturated heterocycles. The number of aromatic nitrogens is 3. The van der Waals surface area contributed by atoms with E-state index in [0.717, 1.165) is 5.56 Å². The number of rotatable bonds is 3. The number of halogens is 1. The smallest absolute Gasteiger partial charge is 0.257 e. The lowest BCUT2D eigenvalue weighted by atomic mass is 10.0. The van der Waals surface area contributed by atoms with Crippen molar-refractivity contribution in [1.29, 1.82) is 0 Å².